The lowest BCUT2D eigenvalue weighted by Gasteiger charge is -2.25. The molecule has 0 aromatic heterocycles. The number of carboxylic acid groups (broad SMARTS) is 1. The summed E-state index contributed by atoms with van der Waals surface area (Å²) in [7, 11) is 0. The first-order valence-corrected chi connectivity index (χ1v) is 7.35. The van der Waals surface area contributed by atoms with Gasteiger partial charge < -0.3 is 20.1 Å². The third-order valence-electron chi connectivity index (χ3n) is 3.91. The van der Waals surface area contributed by atoms with Crippen LogP contribution < -0.4 is 4.74 Å². The van der Waals surface area contributed by atoms with E-state index in [-0.39, 0.29) is 12.5 Å². The summed E-state index contributed by atoms with van der Waals surface area (Å²) >= 11 is 0. The lowest BCUT2D eigenvalue weighted by molar-refractivity contribution is -0.139. The Kier molecular flexibility index (Phi) is 5.59. The minimum atomic E-state index is -1.03. The smallest absolute Gasteiger partial charge is 0.306 e. The highest BCUT2D eigenvalue weighted by Gasteiger charge is 2.20. The van der Waals surface area contributed by atoms with Crippen molar-refractivity contribution >= 4 is 5.97 Å². The number of aliphatic hydroxyl groups is 2. The van der Waals surface area contributed by atoms with E-state index >= 15 is 0 Å². The van der Waals surface area contributed by atoms with Crippen LogP contribution in [0.1, 0.15) is 43.8 Å². The van der Waals surface area contributed by atoms with E-state index in [9.17, 15) is 15.0 Å². The van der Waals surface area contributed by atoms with Gasteiger partial charge in [0.1, 0.15) is 5.75 Å². The standard InChI is InChI=1S/C16H22O5/c17-13-6-4-11(5-7-13)10-21-14-3-1-2-12(8-14)15(18)9-16(19)20/h1-3,8,11,13,15,17-18H,4-7,9-10H2,(H,19,20). The molecule has 3 N–H and O–H groups in total. The molecule has 0 aliphatic heterocycles. The second kappa shape index (κ2) is 7.43. The van der Waals surface area contributed by atoms with E-state index < -0.39 is 12.1 Å². The van der Waals surface area contributed by atoms with Crippen molar-refractivity contribution in [1.82, 2.24) is 0 Å². The fourth-order valence-corrected chi connectivity index (χ4v) is 2.62. The molecule has 1 aromatic rings. The van der Waals surface area contributed by atoms with Crippen molar-refractivity contribution in [3.05, 3.63) is 29.8 Å². The van der Waals surface area contributed by atoms with Gasteiger partial charge in [-0.3, -0.25) is 4.79 Å². The van der Waals surface area contributed by atoms with Gasteiger partial charge in [0, 0.05) is 0 Å². The van der Waals surface area contributed by atoms with E-state index in [0.29, 0.717) is 23.8 Å². The summed E-state index contributed by atoms with van der Waals surface area (Å²) in [5, 5.41) is 28.0. The van der Waals surface area contributed by atoms with Crippen molar-refractivity contribution in [1.29, 1.82) is 0 Å². The van der Waals surface area contributed by atoms with Crippen LogP contribution in [0.4, 0.5) is 0 Å². The first-order valence-electron chi connectivity index (χ1n) is 7.35. The molecule has 116 valence electrons. The number of aliphatic hydroxyl groups excluding tert-OH is 2. The third-order valence-corrected chi connectivity index (χ3v) is 3.91. The molecule has 21 heavy (non-hydrogen) atoms. The van der Waals surface area contributed by atoms with Gasteiger partial charge in [0.2, 0.25) is 0 Å². The Morgan fingerprint density at radius 3 is 2.67 bits per heavy atom. The van der Waals surface area contributed by atoms with Gasteiger partial charge in [0.15, 0.2) is 0 Å². The molecule has 2 rings (SSSR count). The molecule has 5 heteroatoms. The number of ether oxygens (including phenoxy) is 1. The molecule has 0 radical (unpaired) electrons. The Hall–Kier alpha value is -1.59. The maximum Gasteiger partial charge on any atom is 0.306 e. The van der Waals surface area contributed by atoms with Gasteiger partial charge in [0.25, 0.3) is 0 Å². The summed E-state index contributed by atoms with van der Waals surface area (Å²) in [6.07, 6.45) is 2.07. The van der Waals surface area contributed by atoms with Crippen LogP contribution in [0.2, 0.25) is 0 Å². The molecule has 1 unspecified atom stereocenters. The fourth-order valence-electron chi connectivity index (χ4n) is 2.62. The lowest BCUT2D eigenvalue weighted by Crippen LogP contribution is -2.22. The molecule has 0 amide bonds. The number of benzene rings is 1. The molecular formula is C16H22O5. The zero-order valence-corrected chi connectivity index (χ0v) is 11.9. The Bertz CT molecular complexity index is 465. The average molecular weight is 294 g/mol. The van der Waals surface area contributed by atoms with Crippen LogP contribution in [0.25, 0.3) is 0 Å². The molecule has 0 heterocycles. The molecule has 5 nitrogen and oxygen atoms in total. The zero-order valence-electron chi connectivity index (χ0n) is 11.9. The molecule has 0 bridgehead atoms. The Balaban J connectivity index is 1.87. The van der Waals surface area contributed by atoms with E-state index in [1.165, 1.54) is 0 Å². The van der Waals surface area contributed by atoms with Crippen molar-refractivity contribution in [3.63, 3.8) is 0 Å². The molecule has 1 atom stereocenters. The predicted molar refractivity (Wildman–Crippen MR) is 77.1 cm³/mol. The molecule has 0 spiro atoms. The van der Waals surface area contributed by atoms with Gasteiger partial charge in [-0.2, -0.15) is 0 Å². The van der Waals surface area contributed by atoms with Gasteiger partial charge >= 0.3 is 5.97 Å². The number of aliphatic carboxylic acids is 1. The average Bonchev–Trinajstić information content (AvgIpc) is 2.46. The summed E-state index contributed by atoms with van der Waals surface area (Å²) in [6, 6.07) is 6.93. The summed E-state index contributed by atoms with van der Waals surface area (Å²) in [5.41, 5.74) is 0.550. The van der Waals surface area contributed by atoms with E-state index in [1.54, 1.807) is 24.3 Å². The van der Waals surface area contributed by atoms with Crippen LogP contribution in [-0.4, -0.2) is 34.0 Å². The second-order valence-electron chi connectivity index (χ2n) is 5.67. The molecular weight excluding hydrogens is 272 g/mol. The van der Waals surface area contributed by atoms with Crippen LogP contribution in [0, 0.1) is 5.92 Å². The predicted octanol–water partition coefficient (Wildman–Crippen LogP) is 2.12. The third kappa shape index (κ3) is 5.02. The highest BCUT2D eigenvalue weighted by Crippen LogP contribution is 2.26. The highest BCUT2D eigenvalue weighted by molar-refractivity contribution is 5.67. The first kappa shape index (κ1) is 15.8. The Morgan fingerprint density at radius 2 is 2.00 bits per heavy atom. The van der Waals surface area contributed by atoms with E-state index in [1.807, 2.05) is 0 Å². The number of hydrogen-bond acceptors (Lipinski definition) is 4. The summed E-state index contributed by atoms with van der Waals surface area (Å²) < 4.78 is 5.74. The monoisotopic (exact) mass is 294 g/mol. The lowest BCUT2D eigenvalue weighted by atomic mass is 9.88. The molecule has 0 saturated heterocycles. The van der Waals surface area contributed by atoms with Gasteiger partial charge in [-0.25, -0.2) is 0 Å². The van der Waals surface area contributed by atoms with Crippen molar-refractivity contribution in [2.75, 3.05) is 6.61 Å². The minimum absolute atomic E-state index is 0.171. The quantitative estimate of drug-likeness (QED) is 0.748. The van der Waals surface area contributed by atoms with Gasteiger partial charge in [0.05, 0.1) is 25.2 Å². The second-order valence-corrected chi connectivity index (χ2v) is 5.67. The van der Waals surface area contributed by atoms with Crippen LogP contribution >= 0.6 is 0 Å². The largest absolute Gasteiger partial charge is 0.493 e. The van der Waals surface area contributed by atoms with Crippen LogP contribution in [0.5, 0.6) is 5.75 Å². The summed E-state index contributed by atoms with van der Waals surface area (Å²) in [6.45, 7) is 0.588. The van der Waals surface area contributed by atoms with E-state index in [2.05, 4.69) is 0 Å². The molecule has 1 aliphatic carbocycles. The molecule has 1 saturated carbocycles. The van der Waals surface area contributed by atoms with E-state index in [0.717, 1.165) is 25.7 Å². The van der Waals surface area contributed by atoms with Crippen LogP contribution in [0.3, 0.4) is 0 Å². The highest BCUT2D eigenvalue weighted by atomic mass is 16.5. The topological polar surface area (TPSA) is 87.0 Å². The van der Waals surface area contributed by atoms with E-state index in [4.69, 9.17) is 9.84 Å². The van der Waals surface area contributed by atoms with Gasteiger partial charge in [-0.15, -0.1) is 0 Å². The maximum absolute atomic E-state index is 10.6. The fraction of sp³-hybridized carbons (Fsp3) is 0.562. The van der Waals surface area contributed by atoms with Crippen molar-refractivity contribution in [3.8, 4) is 5.75 Å². The SMILES string of the molecule is O=C(O)CC(O)c1cccc(OCC2CCC(O)CC2)c1. The Morgan fingerprint density at radius 1 is 1.29 bits per heavy atom. The number of carboxylic acids is 1. The number of carbonyl (C=O) groups is 1. The van der Waals surface area contributed by atoms with Crippen molar-refractivity contribution in [2.45, 2.75) is 44.3 Å². The normalized spacial score (nSPS) is 23.5. The zero-order chi connectivity index (χ0) is 15.2. The van der Waals surface area contributed by atoms with Gasteiger partial charge in [-0.1, -0.05) is 12.1 Å². The van der Waals surface area contributed by atoms with Gasteiger partial charge in [-0.05, 0) is 49.3 Å². The molecule has 1 aliphatic rings. The van der Waals surface area contributed by atoms with Crippen LogP contribution in [0.15, 0.2) is 24.3 Å². The Labute approximate surface area is 124 Å². The maximum atomic E-state index is 10.6. The van der Waals surface area contributed by atoms with Crippen molar-refractivity contribution in [2.24, 2.45) is 5.92 Å². The summed E-state index contributed by atoms with van der Waals surface area (Å²) in [5.74, 6) is 0.0543. The minimum Gasteiger partial charge on any atom is -0.493 e. The van der Waals surface area contributed by atoms with Crippen LogP contribution in [-0.2, 0) is 4.79 Å². The molecule has 1 fully saturated rings. The number of rotatable bonds is 6. The first-order chi connectivity index (χ1) is 10.0. The van der Waals surface area contributed by atoms with Crippen molar-refractivity contribution < 1.29 is 24.9 Å². The summed E-state index contributed by atoms with van der Waals surface area (Å²) in [4.78, 5) is 10.6. The number of hydrogen-bond donors (Lipinski definition) is 3. The molecule has 1 aromatic carbocycles.